The first-order valence-corrected chi connectivity index (χ1v) is 9.88. The van der Waals surface area contributed by atoms with Gasteiger partial charge in [0.15, 0.2) is 0 Å². The second-order valence-corrected chi connectivity index (χ2v) is 8.80. The number of hydrogen-bond donors (Lipinski definition) is 1. The fourth-order valence-electron chi connectivity index (χ4n) is 3.59. The smallest absolute Gasteiger partial charge is 0.475 e. The molecule has 0 spiro atoms. The number of carbonyl (C=O) groups is 1. The summed E-state index contributed by atoms with van der Waals surface area (Å²) in [6, 6.07) is 0. The van der Waals surface area contributed by atoms with Crippen LogP contribution in [0.15, 0.2) is 0 Å². The van der Waals surface area contributed by atoms with Gasteiger partial charge in [0.05, 0.1) is 12.7 Å². The number of nitrogens with zero attached hydrogens (tertiary/aromatic N) is 2. The van der Waals surface area contributed by atoms with Crippen molar-refractivity contribution >= 4 is 16.0 Å². The van der Waals surface area contributed by atoms with Crippen molar-refractivity contribution < 1.29 is 49.4 Å². The summed E-state index contributed by atoms with van der Waals surface area (Å²) in [5.74, 6) is -2.75. The topological polar surface area (TPSA) is 87.1 Å². The van der Waals surface area contributed by atoms with E-state index in [2.05, 4.69) is 4.90 Å². The van der Waals surface area contributed by atoms with E-state index in [4.69, 9.17) is 14.6 Å². The van der Waals surface area contributed by atoms with Crippen molar-refractivity contribution in [2.75, 3.05) is 39.3 Å². The monoisotopic (exact) mass is 442 g/mol. The van der Waals surface area contributed by atoms with Gasteiger partial charge in [-0.05, 0) is 25.9 Å². The Morgan fingerprint density at radius 3 is 2.07 bits per heavy atom. The molecule has 3 heterocycles. The number of halogens is 6. The highest BCUT2D eigenvalue weighted by molar-refractivity contribution is 7.90. The molecule has 1 N–H and O–H groups in total. The predicted octanol–water partition coefficient (Wildman–Crippen LogP) is 1.51. The van der Waals surface area contributed by atoms with E-state index >= 15 is 0 Å². The Balaban J connectivity index is 0.000000345. The van der Waals surface area contributed by atoms with Crippen LogP contribution in [-0.2, 0) is 19.6 Å². The van der Waals surface area contributed by atoms with Crippen molar-refractivity contribution in [3.05, 3.63) is 0 Å². The van der Waals surface area contributed by atoms with Crippen molar-refractivity contribution in [2.45, 2.75) is 30.6 Å². The van der Waals surface area contributed by atoms with Crippen LogP contribution in [0.3, 0.4) is 0 Å². The van der Waals surface area contributed by atoms with E-state index in [0.717, 1.165) is 32.5 Å². The van der Waals surface area contributed by atoms with Crippen LogP contribution in [0.1, 0.15) is 12.8 Å². The molecule has 0 bridgehead atoms. The van der Waals surface area contributed by atoms with Crippen LogP contribution in [0, 0.1) is 11.8 Å². The minimum Gasteiger partial charge on any atom is -0.475 e. The third-order valence-electron chi connectivity index (χ3n) is 4.97. The molecule has 0 saturated carbocycles. The lowest BCUT2D eigenvalue weighted by molar-refractivity contribution is -0.192. The Morgan fingerprint density at radius 1 is 1.07 bits per heavy atom. The second kappa shape index (κ2) is 8.32. The first-order valence-electron chi connectivity index (χ1n) is 8.44. The van der Waals surface area contributed by atoms with E-state index in [0.29, 0.717) is 10.9 Å². The predicted molar refractivity (Wildman–Crippen MR) is 82.6 cm³/mol. The zero-order valence-corrected chi connectivity index (χ0v) is 15.4. The van der Waals surface area contributed by atoms with Crippen LogP contribution in [0.5, 0.6) is 0 Å². The maximum atomic E-state index is 12.6. The third kappa shape index (κ3) is 5.27. The van der Waals surface area contributed by atoms with Crippen LogP contribution in [0.2, 0.25) is 0 Å². The van der Waals surface area contributed by atoms with Crippen molar-refractivity contribution in [1.82, 2.24) is 9.21 Å². The number of alkyl halides is 6. The molecular formula is C14H20F6N2O5S. The number of carboxylic acid groups (broad SMARTS) is 1. The van der Waals surface area contributed by atoms with E-state index in [1.165, 1.54) is 0 Å². The number of rotatable bonds is 3. The first-order chi connectivity index (χ1) is 12.7. The quantitative estimate of drug-likeness (QED) is 0.667. The highest BCUT2D eigenvalue weighted by Crippen LogP contribution is 2.38. The Kier molecular flexibility index (Phi) is 6.88. The van der Waals surface area contributed by atoms with Crippen LogP contribution < -0.4 is 0 Å². The highest BCUT2D eigenvalue weighted by Gasteiger charge is 2.56. The molecule has 0 unspecified atom stereocenters. The number of carboxylic acids is 1. The molecule has 3 saturated heterocycles. The Hall–Kier alpha value is -1.12. The summed E-state index contributed by atoms with van der Waals surface area (Å²) in [4.78, 5) is 11.2. The molecule has 14 heteroatoms. The summed E-state index contributed by atoms with van der Waals surface area (Å²) in [7, 11) is -5.23. The Labute approximate surface area is 157 Å². The van der Waals surface area contributed by atoms with Crippen molar-refractivity contribution in [1.29, 1.82) is 0 Å². The summed E-state index contributed by atoms with van der Waals surface area (Å²) in [5.41, 5.74) is -5.23. The van der Waals surface area contributed by atoms with Gasteiger partial charge in [-0.15, -0.1) is 0 Å². The molecule has 0 aromatic rings. The first kappa shape index (κ1) is 23.2. The zero-order valence-electron chi connectivity index (χ0n) is 14.5. The van der Waals surface area contributed by atoms with Crippen LogP contribution in [0.4, 0.5) is 26.3 Å². The number of aliphatic carboxylic acids is 1. The maximum Gasteiger partial charge on any atom is 0.511 e. The largest absolute Gasteiger partial charge is 0.511 e. The lowest BCUT2D eigenvalue weighted by atomic mass is 9.93. The standard InChI is InChI=1S/C12H19F3N2O3S.C2HF3O2/c13-12(14,15)21(18,19)17-6-10-9(8-20-11(10)7-17)5-16-3-1-2-4-16;3-2(4,5)1(6)7/h9-11H,1-8H2;(H,6,7)/t9-,10+,11+;/m0./s1. The molecule has 0 amide bonds. The summed E-state index contributed by atoms with van der Waals surface area (Å²) in [5, 5.41) is 7.12. The summed E-state index contributed by atoms with van der Waals surface area (Å²) in [6.45, 7) is 3.08. The Morgan fingerprint density at radius 2 is 1.61 bits per heavy atom. The van der Waals surface area contributed by atoms with Gasteiger partial charge in [0.1, 0.15) is 0 Å². The minimum atomic E-state index is -5.23. The van der Waals surface area contributed by atoms with Crippen molar-refractivity contribution in [3.63, 3.8) is 0 Å². The van der Waals surface area contributed by atoms with E-state index in [9.17, 15) is 34.8 Å². The van der Waals surface area contributed by atoms with Crippen LogP contribution in [-0.4, -0.2) is 85.8 Å². The van der Waals surface area contributed by atoms with Gasteiger partial charge >= 0.3 is 27.7 Å². The van der Waals surface area contributed by atoms with Gasteiger partial charge in [0, 0.05) is 31.5 Å². The number of likely N-dealkylation sites (tertiary alicyclic amines) is 1. The molecule has 0 aliphatic carbocycles. The fraction of sp³-hybridized carbons (Fsp3) is 0.929. The molecule has 164 valence electrons. The van der Waals surface area contributed by atoms with E-state index in [1.54, 1.807) is 0 Å². The average Bonchev–Trinajstić information content (AvgIpc) is 3.25. The molecule has 3 aliphatic heterocycles. The van der Waals surface area contributed by atoms with Gasteiger partial charge in [-0.1, -0.05) is 0 Å². The molecule has 0 radical (unpaired) electrons. The molecule has 7 nitrogen and oxygen atoms in total. The highest BCUT2D eigenvalue weighted by atomic mass is 32.2. The fourth-order valence-corrected chi connectivity index (χ4v) is 4.59. The summed E-state index contributed by atoms with van der Waals surface area (Å²) >= 11 is 0. The van der Waals surface area contributed by atoms with Gasteiger partial charge in [-0.2, -0.15) is 30.6 Å². The van der Waals surface area contributed by atoms with E-state index in [1.807, 2.05) is 0 Å². The molecule has 28 heavy (non-hydrogen) atoms. The van der Waals surface area contributed by atoms with Crippen molar-refractivity contribution in [3.8, 4) is 0 Å². The molecule has 3 rings (SSSR count). The van der Waals surface area contributed by atoms with Gasteiger partial charge in [-0.25, -0.2) is 13.2 Å². The molecular weight excluding hydrogens is 422 g/mol. The normalized spacial score (nSPS) is 29.4. The van der Waals surface area contributed by atoms with Crippen LogP contribution in [0.25, 0.3) is 0 Å². The lowest BCUT2D eigenvalue weighted by Crippen LogP contribution is -2.41. The molecule has 0 aromatic carbocycles. The zero-order chi connectivity index (χ0) is 21.3. The van der Waals surface area contributed by atoms with Crippen molar-refractivity contribution in [2.24, 2.45) is 11.8 Å². The lowest BCUT2D eigenvalue weighted by Gasteiger charge is -2.24. The van der Waals surface area contributed by atoms with E-state index < -0.39 is 33.8 Å². The molecule has 3 fully saturated rings. The number of sulfonamides is 1. The Bertz CT molecular complexity index is 662. The molecule has 0 aromatic heterocycles. The average molecular weight is 442 g/mol. The second-order valence-electron chi connectivity index (χ2n) is 6.87. The van der Waals surface area contributed by atoms with Crippen LogP contribution >= 0.6 is 0 Å². The van der Waals surface area contributed by atoms with Gasteiger partial charge in [-0.3, -0.25) is 0 Å². The molecule has 3 aliphatic rings. The molecule has 3 atom stereocenters. The number of ether oxygens (including phenoxy) is 1. The minimum absolute atomic E-state index is 0.0784. The number of hydrogen-bond acceptors (Lipinski definition) is 5. The third-order valence-corrected chi connectivity index (χ3v) is 6.53. The SMILES string of the molecule is O=C(O)C(F)(F)F.O=S(=O)(N1C[C@@H]2[C@@H](CN3CCCC3)CO[C@@H]2C1)C(F)(F)F. The summed E-state index contributed by atoms with van der Waals surface area (Å²) < 4.78 is 98.6. The van der Waals surface area contributed by atoms with Gasteiger partial charge < -0.3 is 14.7 Å². The number of fused-ring (bicyclic) bond motifs is 1. The van der Waals surface area contributed by atoms with Gasteiger partial charge in [0.25, 0.3) is 0 Å². The van der Waals surface area contributed by atoms with Gasteiger partial charge in [0.2, 0.25) is 0 Å². The van der Waals surface area contributed by atoms with E-state index in [-0.39, 0.29) is 24.9 Å². The summed E-state index contributed by atoms with van der Waals surface area (Å²) in [6.07, 6.45) is -3.18. The maximum absolute atomic E-state index is 12.6.